The van der Waals surface area contributed by atoms with Crippen molar-refractivity contribution in [3.05, 3.63) is 60.4 Å². The van der Waals surface area contributed by atoms with Crippen molar-refractivity contribution in [2.24, 2.45) is 0 Å². The van der Waals surface area contributed by atoms with Crippen LogP contribution in [0.2, 0.25) is 0 Å². The van der Waals surface area contributed by atoms with Gasteiger partial charge in [0.25, 0.3) is 0 Å². The van der Waals surface area contributed by atoms with E-state index in [2.05, 4.69) is 40.6 Å². The number of hydrogen-bond acceptors (Lipinski definition) is 10. The molecule has 1 saturated heterocycles. The summed E-state index contributed by atoms with van der Waals surface area (Å²) in [7, 11) is 3.63. The highest BCUT2D eigenvalue weighted by Gasteiger charge is 2.23. The Bertz CT molecular complexity index is 1610. The van der Waals surface area contributed by atoms with Gasteiger partial charge in [0.1, 0.15) is 36.3 Å². The minimum absolute atomic E-state index is 0.453. The number of ether oxygens (including phenoxy) is 2. The fourth-order valence-corrected chi connectivity index (χ4v) is 5.00. The van der Waals surface area contributed by atoms with Crippen molar-refractivity contribution in [3.63, 3.8) is 0 Å². The molecule has 11 heteroatoms. The van der Waals surface area contributed by atoms with Gasteiger partial charge in [-0.05, 0) is 62.2 Å². The van der Waals surface area contributed by atoms with Crippen LogP contribution < -0.4 is 25.0 Å². The second kappa shape index (κ2) is 10.1. The van der Waals surface area contributed by atoms with E-state index in [0.29, 0.717) is 23.8 Å². The first-order valence-corrected chi connectivity index (χ1v) is 12.6. The van der Waals surface area contributed by atoms with Crippen molar-refractivity contribution >= 4 is 33.7 Å². The molecule has 1 aliphatic heterocycles. The van der Waals surface area contributed by atoms with E-state index >= 15 is 0 Å². The summed E-state index contributed by atoms with van der Waals surface area (Å²) >= 11 is 0. The molecule has 4 heterocycles. The highest BCUT2D eigenvalue weighted by molar-refractivity contribution is 6.03. The maximum absolute atomic E-state index is 6.17. The van der Waals surface area contributed by atoms with Gasteiger partial charge in [0.15, 0.2) is 5.65 Å². The van der Waals surface area contributed by atoms with Crippen molar-refractivity contribution in [3.8, 4) is 17.4 Å². The summed E-state index contributed by atoms with van der Waals surface area (Å²) in [6.45, 7) is 4.64. The second-order valence-electron chi connectivity index (χ2n) is 9.19. The van der Waals surface area contributed by atoms with E-state index < -0.39 is 0 Å². The van der Waals surface area contributed by atoms with Gasteiger partial charge in [-0.25, -0.2) is 24.5 Å². The molecule has 3 aromatic heterocycles. The van der Waals surface area contributed by atoms with Gasteiger partial charge in [-0.3, -0.25) is 0 Å². The zero-order valence-corrected chi connectivity index (χ0v) is 21.6. The van der Waals surface area contributed by atoms with E-state index in [9.17, 15) is 0 Å². The molecule has 0 bridgehead atoms. The van der Waals surface area contributed by atoms with Gasteiger partial charge in [-0.1, -0.05) is 0 Å². The van der Waals surface area contributed by atoms with Crippen LogP contribution in [0.4, 0.5) is 17.2 Å². The first-order valence-electron chi connectivity index (χ1n) is 12.6. The molecule has 2 N–H and O–H groups in total. The quantitative estimate of drug-likeness (QED) is 0.313. The number of rotatable bonds is 8. The molecular formula is C27H29N9O2. The van der Waals surface area contributed by atoms with Gasteiger partial charge in [-0.2, -0.15) is 5.10 Å². The van der Waals surface area contributed by atoms with Crippen molar-refractivity contribution in [1.29, 1.82) is 0 Å². The Morgan fingerprint density at radius 3 is 2.63 bits per heavy atom. The summed E-state index contributed by atoms with van der Waals surface area (Å²) in [5, 5.41) is 11.9. The summed E-state index contributed by atoms with van der Waals surface area (Å²) < 4.78 is 13.5. The molecule has 0 unspecified atom stereocenters. The monoisotopic (exact) mass is 511 g/mol. The zero-order valence-electron chi connectivity index (χ0n) is 21.6. The van der Waals surface area contributed by atoms with Crippen molar-refractivity contribution in [2.45, 2.75) is 26.3 Å². The number of nitrogens with one attached hydrogen (secondary N) is 2. The average Bonchev–Trinajstić information content (AvgIpc) is 3.64. The lowest BCUT2D eigenvalue weighted by atomic mass is 10.0. The van der Waals surface area contributed by atoms with Crippen molar-refractivity contribution < 1.29 is 9.47 Å². The number of nitrogens with zero attached hydrogens (tertiary/aromatic N) is 7. The van der Waals surface area contributed by atoms with Crippen LogP contribution in [0.5, 0.6) is 17.4 Å². The maximum atomic E-state index is 6.17. The lowest BCUT2D eigenvalue weighted by Gasteiger charge is -2.24. The molecule has 1 aliphatic rings. The highest BCUT2D eigenvalue weighted by Crippen LogP contribution is 2.42. The molecule has 0 atom stereocenters. The fourth-order valence-electron chi connectivity index (χ4n) is 5.00. The standard InChI is InChI=1S/C27H29N9O2/c1-17-18(13-28-2)19(6-8-21(17)38-24-12-23-30-15-33-36(23)16-32-24)34-27-25-20(29-14-31-27)7-9-22(37-3)26(25)35-10-4-5-11-35/h6-9,12,14-16,28H,4-5,10-11,13H2,1-3H3,(H,29,31,34). The van der Waals surface area contributed by atoms with E-state index in [-0.39, 0.29) is 0 Å². The molecule has 0 amide bonds. The van der Waals surface area contributed by atoms with Crippen LogP contribution in [0.3, 0.4) is 0 Å². The van der Waals surface area contributed by atoms with Crippen LogP contribution in [0, 0.1) is 6.92 Å². The molecule has 0 spiro atoms. The molecule has 1 fully saturated rings. The Kier molecular flexibility index (Phi) is 6.34. The van der Waals surface area contributed by atoms with Gasteiger partial charge in [0, 0.05) is 31.4 Å². The van der Waals surface area contributed by atoms with E-state index in [1.165, 1.54) is 6.33 Å². The summed E-state index contributed by atoms with van der Waals surface area (Å²) in [6, 6.07) is 9.68. The van der Waals surface area contributed by atoms with E-state index in [1.54, 1.807) is 30.3 Å². The predicted molar refractivity (Wildman–Crippen MR) is 146 cm³/mol. The summed E-state index contributed by atoms with van der Waals surface area (Å²) in [5.41, 5.74) is 5.55. The molecule has 5 aromatic rings. The van der Waals surface area contributed by atoms with Gasteiger partial charge in [0.2, 0.25) is 5.88 Å². The molecule has 2 aromatic carbocycles. The van der Waals surface area contributed by atoms with E-state index in [1.807, 2.05) is 38.2 Å². The largest absolute Gasteiger partial charge is 0.495 e. The Balaban J connectivity index is 1.40. The third kappa shape index (κ3) is 4.30. The van der Waals surface area contributed by atoms with Gasteiger partial charge < -0.3 is 25.0 Å². The maximum Gasteiger partial charge on any atom is 0.224 e. The predicted octanol–water partition coefficient (Wildman–Crippen LogP) is 4.24. The lowest BCUT2D eigenvalue weighted by Crippen LogP contribution is -2.19. The Labute approximate surface area is 219 Å². The zero-order chi connectivity index (χ0) is 26.1. The highest BCUT2D eigenvalue weighted by atomic mass is 16.5. The fraction of sp³-hybridized carbons (Fsp3) is 0.296. The SMILES string of the molecule is CNCc1c(Nc2ncnc3ccc(OC)c(N4CCCC4)c23)ccc(Oc2cc3ncnn3cn2)c1C. The second-order valence-corrected chi connectivity index (χ2v) is 9.19. The molecule has 6 rings (SSSR count). The van der Waals surface area contributed by atoms with Crippen LogP contribution in [-0.4, -0.2) is 56.8 Å². The molecule has 0 aliphatic carbocycles. The number of benzene rings is 2. The van der Waals surface area contributed by atoms with Gasteiger partial charge in [0.05, 0.1) is 23.7 Å². The minimum atomic E-state index is 0.453. The first-order chi connectivity index (χ1) is 18.7. The van der Waals surface area contributed by atoms with Gasteiger partial charge in [-0.15, -0.1) is 0 Å². The average molecular weight is 512 g/mol. The van der Waals surface area contributed by atoms with Crippen molar-refractivity contribution in [1.82, 2.24) is 34.9 Å². The third-order valence-electron chi connectivity index (χ3n) is 6.90. The molecular weight excluding hydrogens is 482 g/mol. The lowest BCUT2D eigenvalue weighted by molar-refractivity contribution is 0.415. The van der Waals surface area contributed by atoms with Crippen LogP contribution in [0.15, 0.2) is 49.3 Å². The van der Waals surface area contributed by atoms with Crippen LogP contribution in [-0.2, 0) is 6.54 Å². The molecule has 194 valence electrons. The van der Waals surface area contributed by atoms with E-state index in [4.69, 9.17) is 9.47 Å². The van der Waals surface area contributed by atoms with Gasteiger partial charge >= 0.3 is 0 Å². The number of fused-ring (bicyclic) bond motifs is 2. The van der Waals surface area contributed by atoms with E-state index in [0.717, 1.165) is 70.9 Å². The third-order valence-corrected chi connectivity index (χ3v) is 6.90. The van der Waals surface area contributed by atoms with Crippen molar-refractivity contribution in [2.75, 3.05) is 37.5 Å². The van der Waals surface area contributed by atoms with Crippen LogP contribution in [0.1, 0.15) is 24.0 Å². The number of methoxy groups -OCH3 is 1. The summed E-state index contributed by atoms with van der Waals surface area (Å²) in [5.74, 6) is 2.72. The number of hydrogen-bond donors (Lipinski definition) is 2. The molecule has 0 radical (unpaired) electrons. The van der Waals surface area contributed by atoms with Crippen LogP contribution >= 0.6 is 0 Å². The molecule has 11 nitrogen and oxygen atoms in total. The number of aromatic nitrogens is 6. The summed E-state index contributed by atoms with van der Waals surface area (Å²) in [6.07, 6.45) is 6.98. The smallest absolute Gasteiger partial charge is 0.224 e. The molecule has 0 saturated carbocycles. The topological polar surface area (TPSA) is 115 Å². The summed E-state index contributed by atoms with van der Waals surface area (Å²) in [4.78, 5) is 20.2. The Morgan fingerprint density at radius 1 is 0.974 bits per heavy atom. The minimum Gasteiger partial charge on any atom is -0.495 e. The molecule has 38 heavy (non-hydrogen) atoms. The Morgan fingerprint density at radius 2 is 1.82 bits per heavy atom. The Hall–Kier alpha value is -4.51. The normalized spacial score (nSPS) is 13.4. The van der Waals surface area contributed by atoms with Crippen LogP contribution in [0.25, 0.3) is 16.6 Å². The first kappa shape index (κ1) is 23.9. The number of anilines is 3.